The number of aryl methyl sites for hydroxylation is 2. The van der Waals surface area contributed by atoms with Crippen LogP contribution in [0.5, 0.6) is 0 Å². The van der Waals surface area contributed by atoms with Gasteiger partial charge in [-0.3, -0.25) is 0 Å². The lowest BCUT2D eigenvalue weighted by molar-refractivity contribution is 0.200. The Hall–Kier alpha value is -0.770. The van der Waals surface area contributed by atoms with Crippen LogP contribution in [0.25, 0.3) is 0 Å². The fourth-order valence-corrected chi connectivity index (χ4v) is 3.15. The minimum absolute atomic E-state index is 0.316. The van der Waals surface area contributed by atoms with Gasteiger partial charge >= 0.3 is 0 Å². The first kappa shape index (κ1) is 15.6. The Balaban J connectivity index is 1.90. The number of aliphatic hydroxyl groups excluding tert-OH is 1. The number of aliphatic hydroxyl groups is 1. The van der Waals surface area contributed by atoms with Crippen LogP contribution >= 0.6 is 27.7 Å². The summed E-state index contributed by atoms with van der Waals surface area (Å²) in [5.74, 6) is 0.717. The molecule has 0 radical (unpaired) electrons. The Kier molecular flexibility index (Phi) is 5.70. The quantitative estimate of drug-likeness (QED) is 0.784. The van der Waals surface area contributed by atoms with E-state index in [0.717, 1.165) is 16.6 Å². The highest BCUT2D eigenvalue weighted by atomic mass is 79.9. The summed E-state index contributed by atoms with van der Waals surface area (Å²) in [6, 6.07) is 14.6. The summed E-state index contributed by atoms with van der Waals surface area (Å²) < 4.78 is 1.08. The molecule has 2 aromatic rings. The van der Waals surface area contributed by atoms with Gasteiger partial charge in [-0.25, -0.2) is 0 Å². The summed E-state index contributed by atoms with van der Waals surface area (Å²) in [5, 5.41) is 10.2. The number of halogens is 1. The van der Waals surface area contributed by atoms with E-state index in [1.165, 1.54) is 21.6 Å². The van der Waals surface area contributed by atoms with E-state index in [1.807, 2.05) is 12.1 Å². The summed E-state index contributed by atoms with van der Waals surface area (Å²) in [4.78, 5) is 1.19. The van der Waals surface area contributed by atoms with Gasteiger partial charge in [-0.05, 0) is 55.7 Å². The summed E-state index contributed by atoms with van der Waals surface area (Å²) in [5.41, 5.74) is 3.75. The summed E-state index contributed by atoms with van der Waals surface area (Å²) in [6.07, 6.45) is 0.404. The van der Waals surface area contributed by atoms with Gasteiger partial charge in [0, 0.05) is 15.1 Å². The Morgan fingerprint density at radius 1 is 1.10 bits per heavy atom. The number of hydrogen-bond donors (Lipinski definition) is 1. The molecule has 1 N–H and O–H groups in total. The van der Waals surface area contributed by atoms with Crippen molar-refractivity contribution in [2.75, 3.05) is 5.75 Å². The highest BCUT2D eigenvalue weighted by molar-refractivity contribution is 9.10. The van der Waals surface area contributed by atoms with E-state index < -0.39 is 0 Å². The molecule has 0 heterocycles. The highest BCUT2D eigenvalue weighted by Crippen LogP contribution is 2.22. The third-order valence-electron chi connectivity index (χ3n) is 3.22. The Labute approximate surface area is 133 Å². The molecule has 0 saturated heterocycles. The number of benzene rings is 2. The minimum atomic E-state index is -0.316. The van der Waals surface area contributed by atoms with Crippen molar-refractivity contribution in [1.29, 1.82) is 0 Å². The number of rotatable bonds is 5. The van der Waals surface area contributed by atoms with Gasteiger partial charge in [0.05, 0.1) is 6.10 Å². The van der Waals surface area contributed by atoms with Crippen LogP contribution in [-0.4, -0.2) is 17.0 Å². The Morgan fingerprint density at radius 2 is 1.80 bits per heavy atom. The largest absolute Gasteiger partial charge is 0.392 e. The summed E-state index contributed by atoms with van der Waals surface area (Å²) in [6.45, 7) is 4.19. The van der Waals surface area contributed by atoms with E-state index in [0.29, 0.717) is 0 Å². The number of hydrogen-bond acceptors (Lipinski definition) is 2. The molecule has 0 aliphatic carbocycles. The van der Waals surface area contributed by atoms with E-state index in [2.05, 4.69) is 60.1 Å². The lowest BCUT2D eigenvalue weighted by atomic mass is 10.0. The summed E-state index contributed by atoms with van der Waals surface area (Å²) >= 11 is 5.12. The average Bonchev–Trinajstić information content (AvgIpc) is 2.42. The average molecular weight is 351 g/mol. The van der Waals surface area contributed by atoms with Crippen LogP contribution in [0.1, 0.15) is 16.7 Å². The number of thioether (sulfide) groups is 1. The van der Waals surface area contributed by atoms with Crippen molar-refractivity contribution in [1.82, 2.24) is 0 Å². The van der Waals surface area contributed by atoms with Crippen LogP contribution in [0.15, 0.2) is 51.8 Å². The molecule has 0 spiro atoms. The predicted octanol–water partition coefficient (Wildman–Crippen LogP) is 4.76. The molecule has 0 aliphatic rings. The SMILES string of the molecule is Cc1ccc(C)c(CC(O)CSc2ccc(Br)cc2)c1. The van der Waals surface area contributed by atoms with Gasteiger partial charge in [0.1, 0.15) is 0 Å². The van der Waals surface area contributed by atoms with Gasteiger partial charge in [-0.1, -0.05) is 39.7 Å². The fraction of sp³-hybridized carbons (Fsp3) is 0.294. The smallest absolute Gasteiger partial charge is 0.0674 e. The molecule has 0 saturated carbocycles. The lowest BCUT2D eigenvalue weighted by Gasteiger charge is -2.13. The van der Waals surface area contributed by atoms with E-state index in [4.69, 9.17) is 0 Å². The van der Waals surface area contributed by atoms with Gasteiger partial charge < -0.3 is 5.11 Å². The second-order valence-corrected chi connectivity index (χ2v) is 7.06. The van der Waals surface area contributed by atoms with Crippen LogP contribution < -0.4 is 0 Å². The van der Waals surface area contributed by atoms with E-state index >= 15 is 0 Å². The normalized spacial score (nSPS) is 12.4. The topological polar surface area (TPSA) is 20.2 Å². The zero-order chi connectivity index (χ0) is 14.5. The molecule has 20 heavy (non-hydrogen) atoms. The lowest BCUT2D eigenvalue weighted by Crippen LogP contribution is -2.14. The van der Waals surface area contributed by atoms with Gasteiger partial charge in [-0.15, -0.1) is 11.8 Å². The molecule has 2 aromatic carbocycles. The molecule has 1 unspecified atom stereocenters. The van der Waals surface area contributed by atoms with Gasteiger partial charge in [0.2, 0.25) is 0 Å². The van der Waals surface area contributed by atoms with E-state index in [9.17, 15) is 5.11 Å². The molecule has 0 bridgehead atoms. The monoisotopic (exact) mass is 350 g/mol. The van der Waals surface area contributed by atoms with E-state index in [-0.39, 0.29) is 6.10 Å². The minimum Gasteiger partial charge on any atom is -0.392 e. The van der Waals surface area contributed by atoms with Crippen molar-refractivity contribution in [2.45, 2.75) is 31.3 Å². The third kappa shape index (κ3) is 4.65. The standard InChI is InChI=1S/C17H19BrOS/c1-12-3-4-13(2)14(9-12)10-16(19)11-20-17-7-5-15(18)6-8-17/h3-9,16,19H,10-11H2,1-2H3. The van der Waals surface area contributed by atoms with Gasteiger partial charge in [-0.2, -0.15) is 0 Å². The Bertz CT molecular complexity index is 566. The summed E-state index contributed by atoms with van der Waals surface area (Å²) in [7, 11) is 0. The second-order valence-electron chi connectivity index (χ2n) is 5.05. The molecule has 1 nitrogen and oxygen atoms in total. The molecule has 0 aromatic heterocycles. The first-order valence-corrected chi connectivity index (χ1v) is 8.45. The van der Waals surface area contributed by atoms with Crippen molar-refractivity contribution >= 4 is 27.7 Å². The van der Waals surface area contributed by atoms with Crippen molar-refractivity contribution < 1.29 is 5.11 Å². The van der Waals surface area contributed by atoms with E-state index in [1.54, 1.807) is 11.8 Å². The third-order valence-corrected chi connectivity index (χ3v) is 4.90. The second kappa shape index (κ2) is 7.30. The van der Waals surface area contributed by atoms with Gasteiger partial charge in [0.25, 0.3) is 0 Å². The fourth-order valence-electron chi connectivity index (χ4n) is 2.06. The Morgan fingerprint density at radius 3 is 2.50 bits per heavy atom. The maximum Gasteiger partial charge on any atom is 0.0674 e. The molecular weight excluding hydrogens is 332 g/mol. The van der Waals surface area contributed by atoms with Crippen molar-refractivity contribution in [3.05, 3.63) is 63.6 Å². The molecule has 3 heteroatoms. The molecule has 0 fully saturated rings. The van der Waals surface area contributed by atoms with Crippen molar-refractivity contribution in [2.24, 2.45) is 0 Å². The molecule has 0 aliphatic heterocycles. The van der Waals surface area contributed by atoms with Crippen LogP contribution in [-0.2, 0) is 6.42 Å². The van der Waals surface area contributed by atoms with Crippen LogP contribution in [0, 0.1) is 13.8 Å². The maximum absolute atomic E-state index is 10.2. The molecule has 106 valence electrons. The highest BCUT2D eigenvalue weighted by Gasteiger charge is 2.09. The predicted molar refractivity (Wildman–Crippen MR) is 90.5 cm³/mol. The zero-order valence-corrected chi connectivity index (χ0v) is 14.2. The first-order chi connectivity index (χ1) is 9.54. The maximum atomic E-state index is 10.2. The van der Waals surface area contributed by atoms with Crippen LogP contribution in [0.3, 0.4) is 0 Å². The molecule has 1 atom stereocenters. The molecule has 0 amide bonds. The molecule has 2 rings (SSSR count). The van der Waals surface area contributed by atoms with Crippen LogP contribution in [0.4, 0.5) is 0 Å². The van der Waals surface area contributed by atoms with Crippen LogP contribution in [0.2, 0.25) is 0 Å². The zero-order valence-electron chi connectivity index (χ0n) is 11.8. The first-order valence-electron chi connectivity index (χ1n) is 6.67. The van der Waals surface area contributed by atoms with Gasteiger partial charge in [0.15, 0.2) is 0 Å². The van der Waals surface area contributed by atoms with Crippen molar-refractivity contribution in [3.8, 4) is 0 Å². The molecular formula is C17H19BrOS. The van der Waals surface area contributed by atoms with Crippen molar-refractivity contribution in [3.63, 3.8) is 0 Å².